The van der Waals surface area contributed by atoms with Crippen molar-refractivity contribution in [3.8, 4) is 17.1 Å². The monoisotopic (exact) mass is 417 g/mol. The molecule has 0 fully saturated rings. The lowest BCUT2D eigenvalue weighted by molar-refractivity contribution is -0.153. The molecule has 0 saturated heterocycles. The summed E-state index contributed by atoms with van der Waals surface area (Å²) in [4.78, 5) is 16.2. The van der Waals surface area contributed by atoms with Crippen molar-refractivity contribution >= 4 is 34.2 Å². The number of alkyl halides is 4. The van der Waals surface area contributed by atoms with Crippen molar-refractivity contribution in [3.63, 3.8) is 0 Å². The maximum absolute atomic E-state index is 13.3. The number of benzene rings is 1. The molecule has 2 aromatic heterocycles. The highest BCUT2D eigenvalue weighted by molar-refractivity contribution is 7.09. The fourth-order valence-electron chi connectivity index (χ4n) is 2.21. The average Bonchev–Trinajstić information content (AvgIpc) is 3.28. The number of anilines is 1. The number of halogens is 4. The molecule has 3 rings (SSSR count). The maximum atomic E-state index is 13.3. The van der Waals surface area contributed by atoms with E-state index in [4.69, 9.17) is 20.8 Å². The van der Waals surface area contributed by atoms with Gasteiger partial charge in [0.1, 0.15) is 11.5 Å². The summed E-state index contributed by atoms with van der Waals surface area (Å²) < 4.78 is 53.9. The number of carbonyl (C=O) groups excluding carboxylic acids is 1. The van der Waals surface area contributed by atoms with Crippen LogP contribution in [0.3, 0.4) is 0 Å². The van der Waals surface area contributed by atoms with Gasteiger partial charge in [-0.15, -0.1) is 11.6 Å². The molecule has 0 spiro atoms. The van der Waals surface area contributed by atoms with Crippen LogP contribution in [0.5, 0.6) is 5.75 Å². The Morgan fingerprint density at radius 2 is 2.15 bits per heavy atom. The molecule has 0 atom stereocenters. The third-order valence-corrected chi connectivity index (χ3v) is 4.30. The molecule has 0 radical (unpaired) electrons. The van der Waals surface area contributed by atoms with Gasteiger partial charge < -0.3 is 9.15 Å². The molecule has 3 aromatic rings. The fraction of sp³-hybridized carbons (Fsp3) is 0.188. The lowest BCUT2D eigenvalue weighted by Crippen LogP contribution is -2.16. The van der Waals surface area contributed by atoms with E-state index < -0.39 is 23.4 Å². The molecule has 11 heteroatoms. The predicted molar refractivity (Wildman–Crippen MR) is 93.1 cm³/mol. The molecule has 1 N–H and O–H groups in total. The number of hydrogen-bond acceptors (Lipinski definition) is 6. The Labute approximate surface area is 160 Å². The molecule has 142 valence electrons. The Bertz CT molecular complexity index is 971. The second-order valence-corrected chi connectivity index (χ2v) is 6.21. The molecule has 1 aromatic carbocycles. The van der Waals surface area contributed by atoms with Gasteiger partial charge in [0.05, 0.1) is 18.6 Å². The Morgan fingerprint density at radius 3 is 2.78 bits per heavy atom. The van der Waals surface area contributed by atoms with Crippen molar-refractivity contribution in [1.82, 2.24) is 9.36 Å². The van der Waals surface area contributed by atoms with Crippen LogP contribution in [0.2, 0.25) is 0 Å². The molecular weight excluding hydrogens is 407 g/mol. The first-order valence-electron chi connectivity index (χ1n) is 7.37. The van der Waals surface area contributed by atoms with Gasteiger partial charge in [0, 0.05) is 17.1 Å². The second kappa shape index (κ2) is 7.57. The van der Waals surface area contributed by atoms with Crippen molar-refractivity contribution in [1.29, 1.82) is 0 Å². The normalized spacial score (nSPS) is 11.4. The molecule has 0 aliphatic rings. The van der Waals surface area contributed by atoms with Crippen molar-refractivity contribution in [2.24, 2.45) is 0 Å². The van der Waals surface area contributed by atoms with Crippen LogP contribution in [0, 0.1) is 0 Å². The first-order valence-corrected chi connectivity index (χ1v) is 8.68. The zero-order valence-corrected chi connectivity index (χ0v) is 15.2. The van der Waals surface area contributed by atoms with Crippen LogP contribution in [-0.4, -0.2) is 22.4 Å². The number of aromatic nitrogens is 2. The van der Waals surface area contributed by atoms with E-state index in [9.17, 15) is 18.0 Å². The molecule has 2 heterocycles. The summed E-state index contributed by atoms with van der Waals surface area (Å²) in [5, 5.41) is 2.31. The van der Waals surface area contributed by atoms with Gasteiger partial charge in [0.25, 0.3) is 5.91 Å². The molecule has 0 saturated carbocycles. The Hall–Kier alpha value is -2.59. The largest absolute Gasteiger partial charge is 0.497 e. The minimum atomic E-state index is -4.85. The summed E-state index contributed by atoms with van der Waals surface area (Å²) >= 11 is 6.38. The van der Waals surface area contributed by atoms with E-state index in [1.54, 1.807) is 18.2 Å². The molecule has 27 heavy (non-hydrogen) atoms. The van der Waals surface area contributed by atoms with Crippen molar-refractivity contribution in [2.75, 3.05) is 12.4 Å². The smallest absolute Gasteiger partial charge is 0.450 e. The lowest BCUT2D eigenvalue weighted by Gasteiger charge is -2.05. The van der Waals surface area contributed by atoms with E-state index in [0.717, 1.165) is 17.6 Å². The number of furan rings is 1. The summed E-state index contributed by atoms with van der Waals surface area (Å²) in [6.07, 6.45) is -4.85. The second-order valence-electron chi connectivity index (χ2n) is 5.19. The topological polar surface area (TPSA) is 77.2 Å². The number of nitrogens with one attached hydrogen (secondary N) is 1. The van der Waals surface area contributed by atoms with Gasteiger partial charge in [0.15, 0.2) is 5.82 Å². The SMILES string of the molecule is COc1cccc(-c2cc(C(=O)Nc3nc(CCl)ns3)c(C(F)(F)F)o2)c1. The fourth-order valence-corrected chi connectivity index (χ4v) is 2.98. The van der Waals surface area contributed by atoms with Crippen LogP contribution in [0.4, 0.5) is 18.3 Å². The first kappa shape index (κ1) is 19.2. The number of hydrogen-bond donors (Lipinski definition) is 1. The van der Waals surface area contributed by atoms with Crippen molar-refractivity contribution in [2.45, 2.75) is 12.1 Å². The van der Waals surface area contributed by atoms with E-state index in [-0.39, 0.29) is 22.6 Å². The van der Waals surface area contributed by atoms with E-state index >= 15 is 0 Å². The van der Waals surface area contributed by atoms with Crippen LogP contribution in [0.1, 0.15) is 21.9 Å². The van der Waals surface area contributed by atoms with Gasteiger partial charge in [-0.25, -0.2) is 4.98 Å². The Morgan fingerprint density at radius 1 is 1.37 bits per heavy atom. The van der Waals surface area contributed by atoms with Crippen LogP contribution in [0.15, 0.2) is 34.7 Å². The molecule has 6 nitrogen and oxygen atoms in total. The van der Waals surface area contributed by atoms with E-state index in [2.05, 4.69) is 14.7 Å². The molecular formula is C16H11ClF3N3O3S. The van der Waals surface area contributed by atoms with E-state index in [1.807, 2.05) is 0 Å². The Balaban J connectivity index is 1.97. The highest BCUT2D eigenvalue weighted by Gasteiger charge is 2.40. The van der Waals surface area contributed by atoms with Gasteiger partial charge in [-0.2, -0.15) is 17.5 Å². The molecule has 0 unspecified atom stereocenters. The molecule has 0 aliphatic carbocycles. The quantitative estimate of drug-likeness (QED) is 0.602. The molecule has 0 bridgehead atoms. The zero-order chi connectivity index (χ0) is 19.6. The number of nitrogens with zero attached hydrogens (tertiary/aromatic N) is 2. The Kier molecular flexibility index (Phi) is 5.38. The van der Waals surface area contributed by atoms with E-state index in [0.29, 0.717) is 11.3 Å². The van der Waals surface area contributed by atoms with Gasteiger partial charge in [0.2, 0.25) is 10.9 Å². The minimum absolute atomic E-state index is 0.0197. The van der Waals surface area contributed by atoms with Gasteiger partial charge in [-0.1, -0.05) is 12.1 Å². The third-order valence-electron chi connectivity index (χ3n) is 3.40. The van der Waals surface area contributed by atoms with Gasteiger partial charge >= 0.3 is 6.18 Å². The first-order chi connectivity index (χ1) is 12.8. The molecule has 0 aliphatic heterocycles. The molecule has 1 amide bonds. The minimum Gasteiger partial charge on any atom is -0.497 e. The average molecular weight is 418 g/mol. The van der Waals surface area contributed by atoms with Gasteiger partial charge in [-0.3, -0.25) is 10.1 Å². The number of rotatable bonds is 5. The standard InChI is InChI=1S/C16H11ClF3N3O3S/c1-25-9-4-2-3-8(5-9)11-6-10(13(26-11)16(18,19)20)14(24)22-15-21-12(7-17)23-27-15/h2-6H,7H2,1H3,(H,21,22,23,24). The van der Waals surface area contributed by atoms with Crippen LogP contribution >= 0.6 is 23.1 Å². The summed E-state index contributed by atoms with van der Waals surface area (Å²) in [5.74, 6) is -1.82. The number of ether oxygens (including phenoxy) is 1. The maximum Gasteiger partial charge on any atom is 0.450 e. The number of amides is 1. The highest BCUT2D eigenvalue weighted by atomic mass is 35.5. The summed E-state index contributed by atoms with van der Waals surface area (Å²) in [6, 6.07) is 7.29. The summed E-state index contributed by atoms with van der Waals surface area (Å²) in [7, 11) is 1.43. The van der Waals surface area contributed by atoms with Crippen LogP contribution < -0.4 is 10.1 Å². The third kappa shape index (κ3) is 4.22. The van der Waals surface area contributed by atoms with Crippen LogP contribution in [-0.2, 0) is 12.1 Å². The van der Waals surface area contributed by atoms with Crippen molar-refractivity contribution in [3.05, 3.63) is 47.5 Å². The number of methoxy groups -OCH3 is 1. The summed E-state index contributed by atoms with van der Waals surface area (Å²) in [5.41, 5.74) is -0.331. The van der Waals surface area contributed by atoms with E-state index in [1.165, 1.54) is 13.2 Å². The number of carbonyl (C=O) groups is 1. The lowest BCUT2D eigenvalue weighted by atomic mass is 10.1. The van der Waals surface area contributed by atoms with Crippen LogP contribution in [0.25, 0.3) is 11.3 Å². The van der Waals surface area contributed by atoms with Crippen molar-refractivity contribution < 1.29 is 27.1 Å². The predicted octanol–water partition coefficient (Wildman–Crippen LogP) is 4.82. The zero-order valence-electron chi connectivity index (χ0n) is 13.6. The highest BCUT2D eigenvalue weighted by Crippen LogP contribution is 2.38. The van der Waals surface area contributed by atoms with Gasteiger partial charge in [-0.05, 0) is 18.2 Å². The summed E-state index contributed by atoms with van der Waals surface area (Å²) in [6.45, 7) is 0.